The molecule has 1 aliphatic carbocycles. The summed E-state index contributed by atoms with van der Waals surface area (Å²) in [7, 11) is 1.62. The van der Waals surface area contributed by atoms with Crippen LogP contribution in [-0.2, 0) is 11.4 Å². The van der Waals surface area contributed by atoms with Crippen LogP contribution >= 0.6 is 11.6 Å². The molecular weight excluding hydrogens is 534 g/mol. The molecule has 0 fully saturated rings. The molecule has 0 spiro atoms. The lowest BCUT2D eigenvalue weighted by molar-refractivity contribution is -0.118. The Morgan fingerprint density at radius 2 is 1.68 bits per heavy atom. The number of carbonyl (C=O) groups is 1. The summed E-state index contributed by atoms with van der Waals surface area (Å²) in [6.07, 6.45) is 1.04. The van der Waals surface area contributed by atoms with Gasteiger partial charge in [-0.25, -0.2) is 0 Å². The maximum Gasteiger partial charge on any atom is 0.162 e. The van der Waals surface area contributed by atoms with Crippen molar-refractivity contribution in [3.05, 3.63) is 111 Å². The van der Waals surface area contributed by atoms with Crippen molar-refractivity contribution in [2.24, 2.45) is 11.1 Å². The minimum absolute atomic E-state index is 0.0407. The standard InChI is InChI=1S/C34H34ClN3O3/c1-20-14-21(2)27(15-22(20)19-41-26-10-6-23(35)7-11-26)31-28(18-36)33(37)38(24-8-12-25(40-5)13-9-24)29-16-34(3,4)17-30(39)32(29)31/h6-15,31H,16-17,19,37H2,1-5H3. The predicted molar refractivity (Wildman–Crippen MR) is 162 cm³/mol. The molecule has 2 N–H and O–H groups in total. The molecule has 1 atom stereocenters. The van der Waals surface area contributed by atoms with Crippen molar-refractivity contribution < 1.29 is 14.3 Å². The Kier molecular flexibility index (Phi) is 7.59. The first-order valence-electron chi connectivity index (χ1n) is 13.6. The zero-order valence-corrected chi connectivity index (χ0v) is 24.8. The lowest BCUT2D eigenvalue weighted by Gasteiger charge is -2.44. The maximum absolute atomic E-state index is 14.0. The molecule has 210 valence electrons. The fourth-order valence-electron chi connectivity index (χ4n) is 5.92. The number of Topliss-reactive ketones (excluding diaryl/α,β-unsaturated/α-hetero) is 1. The van der Waals surface area contributed by atoms with Crippen molar-refractivity contribution in [3.63, 3.8) is 0 Å². The van der Waals surface area contributed by atoms with Gasteiger partial charge < -0.3 is 15.2 Å². The number of hydrogen-bond acceptors (Lipinski definition) is 6. The highest BCUT2D eigenvalue weighted by Crippen LogP contribution is 2.51. The Morgan fingerprint density at radius 1 is 1.02 bits per heavy atom. The van der Waals surface area contributed by atoms with Crippen molar-refractivity contribution in [3.8, 4) is 17.6 Å². The molecule has 0 saturated heterocycles. The number of nitriles is 1. The molecule has 2 aliphatic rings. The zero-order chi connectivity index (χ0) is 29.5. The van der Waals surface area contributed by atoms with E-state index in [4.69, 9.17) is 26.8 Å². The van der Waals surface area contributed by atoms with Gasteiger partial charge in [-0.05, 0) is 96.5 Å². The summed E-state index contributed by atoms with van der Waals surface area (Å²) in [6.45, 7) is 8.58. The number of benzene rings is 3. The van der Waals surface area contributed by atoms with Gasteiger partial charge in [0.15, 0.2) is 5.78 Å². The molecule has 0 aromatic heterocycles. The van der Waals surface area contributed by atoms with E-state index in [1.54, 1.807) is 19.2 Å². The fourth-order valence-corrected chi connectivity index (χ4v) is 6.05. The minimum atomic E-state index is -0.567. The summed E-state index contributed by atoms with van der Waals surface area (Å²) < 4.78 is 11.4. The molecule has 41 heavy (non-hydrogen) atoms. The lowest BCUT2D eigenvalue weighted by atomic mass is 9.68. The van der Waals surface area contributed by atoms with E-state index in [0.29, 0.717) is 52.9 Å². The van der Waals surface area contributed by atoms with Gasteiger partial charge in [0, 0.05) is 28.4 Å². The third kappa shape index (κ3) is 5.42. The maximum atomic E-state index is 14.0. The van der Waals surface area contributed by atoms with Crippen LogP contribution in [0.4, 0.5) is 5.69 Å². The number of ether oxygens (including phenoxy) is 2. The van der Waals surface area contributed by atoms with Crippen LogP contribution in [0.5, 0.6) is 11.5 Å². The second-order valence-corrected chi connectivity index (χ2v) is 12.0. The quantitative estimate of drug-likeness (QED) is 0.332. The number of rotatable bonds is 6. The Balaban J connectivity index is 1.64. The highest BCUT2D eigenvalue weighted by molar-refractivity contribution is 6.30. The average Bonchev–Trinajstić information content (AvgIpc) is 2.92. The number of halogens is 1. The van der Waals surface area contributed by atoms with E-state index in [-0.39, 0.29) is 11.2 Å². The molecule has 0 amide bonds. The van der Waals surface area contributed by atoms with E-state index in [1.165, 1.54) is 0 Å². The van der Waals surface area contributed by atoms with Crippen LogP contribution < -0.4 is 20.1 Å². The van der Waals surface area contributed by atoms with Gasteiger partial charge in [-0.3, -0.25) is 9.69 Å². The van der Waals surface area contributed by atoms with Gasteiger partial charge in [0.05, 0.1) is 24.7 Å². The second-order valence-electron chi connectivity index (χ2n) is 11.6. The van der Waals surface area contributed by atoms with Crippen LogP contribution in [0.3, 0.4) is 0 Å². The van der Waals surface area contributed by atoms with Gasteiger partial charge in [-0.1, -0.05) is 37.6 Å². The molecule has 0 bridgehead atoms. The van der Waals surface area contributed by atoms with Crippen molar-refractivity contribution in [1.29, 1.82) is 5.26 Å². The van der Waals surface area contributed by atoms with E-state index in [9.17, 15) is 10.1 Å². The average molecular weight is 568 g/mol. The molecule has 3 aromatic rings. The van der Waals surface area contributed by atoms with Crippen molar-refractivity contribution in [1.82, 2.24) is 0 Å². The molecule has 0 radical (unpaired) electrons. The van der Waals surface area contributed by atoms with Gasteiger partial charge in [0.25, 0.3) is 0 Å². The van der Waals surface area contributed by atoms with E-state index >= 15 is 0 Å². The monoisotopic (exact) mass is 567 g/mol. The SMILES string of the molecule is COc1ccc(N2C(N)=C(C#N)C(c3cc(COc4ccc(Cl)cc4)c(C)cc3C)C3=C2CC(C)(C)CC3=O)cc1. The van der Waals surface area contributed by atoms with Crippen molar-refractivity contribution >= 4 is 23.1 Å². The zero-order valence-electron chi connectivity index (χ0n) is 24.0. The van der Waals surface area contributed by atoms with Gasteiger partial charge >= 0.3 is 0 Å². The van der Waals surface area contributed by atoms with E-state index in [0.717, 1.165) is 33.6 Å². The summed E-state index contributed by atoms with van der Waals surface area (Å²) in [6, 6.07) is 21.3. The Labute approximate surface area is 246 Å². The van der Waals surface area contributed by atoms with Crippen LogP contribution in [0.1, 0.15) is 54.9 Å². The molecule has 0 saturated carbocycles. The topological polar surface area (TPSA) is 88.6 Å². The van der Waals surface area contributed by atoms with Crippen LogP contribution in [0.15, 0.2) is 83.3 Å². The number of anilines is 1. The molecule has 7 heteroatoms. The molecule has 1 heterocycles. The summed E-state index contributed by atoms with van der Waals surface area (Å²) in [5.74, 6) is 1.23. The number of nitrogens with zero attached hydrogens (tertiary/aromatic N) is 2. The van der Waals surface area contributed by atoms with E-state index < -0.39 is 5.92 Å². The summed E-state index contributed by atoms with van der Waals surface area (Å²) in [5, 5.41) is 11.1. The summed E-state index contributed by atoms with van der Waals surface area (Å²) in [4.78, 5) is 15.8. The van der Waals surface area contributed by atoms with Crippen LogP contribution in [0.2, 0.25) is 5.02 Å². The number of hydrogen-bond donors (Lipinski definition) is 1. The lowest BCUT2D eigenvalue weighted by Crippen LogP contribution is -2.42. The number of carbonyl (C=O) groups excluding carboxylic acids is 1. The second kappa shape index (κ2) is 11.0. The Hall–Kier alpha value is -4.21. The van der Waals surface area contributed by atoms with Crippen molar-refractivity contribution in [2.75, 3.05) is 12.0 Å². The smallest absolute Gasteiger partial charge is 0.162 e. The number of ketones is 1. The number of methoxy groups -OCH3 is 1. The first-order valence-corrected chi connectivity index (χ1v) is 14.0. The summed E-state index contributed by atoms with van der Waals surface area (Å²) in [5.41, 5.74) is 13.1. The van der Waals surface area contributed by atoms with Crippen molar-refractivity contribution in [2.45, 2.75) is 53.1 Å². The van der Waals surface area contributed by atoms with Crippen LogP contribution in [0.25, 0.3) is 0 Å². The fraction of sp³-hybridized carbons (Fsp3) is 0.294. The normalized spacial score (nSPS) is 18.2. The molecule has 1 unspecified atom stereocenters. The van der Waals surface area contributed by atoms with Gasteiger partial charge in [-0.15, -0.1) is 0 Å². The van der Waals surface area contributed by atoms with Gasteiger partial charge in [0.1, 0.15) is 23.9 Å². The molecule has 3 aromatic carbocycles. The molecule has 6 nitrogen and oxygen atoms in total. The predicted octanol–water partition coefficient (Wildman–Crippen LogP) is 7.49. The third-order valence-electron chi connectivity index (χ3n) is 7.96. The third-order valence-corrected chi connectivity index (χ3v) is 8.21. The Morgan fingerprint density at radius 3 is 2.32 bits per heavy atom. The summed E-state index contributed by atoms with van der Waals surface area (Å²) >= 11 is 6.03. The number of aryl methyl sites for hydroxylation is 2. The van der Waals surface area contributed by atoms with E-state index in [2.05, 4.69) is 32.0 Å². The van der Waals surface area contributed by atoms with Gasteiger partial charge in [0.2, 0.25) is 0 Å². The highest BCUT2D eigenvalue weighted by Gasteiger charge is 2.45. The highest BCUT2D eigenvalue weighted by atomic mass is 35.5. The first kappa shape index (κ1) is 28.3. The molecule has 5 rings (SSSR count). The van der Waals surface area contributed by atoms with Crippen LogP contribution in [0, 0.1) is 30.6 Å². The van der Waals surface area contributed by atoms with Gasteiger partial charge in [-0.2, -0.15) is 5.26 Å². The first-order chi connectivity index (χ1) is 19.5. The molecule has 1 aliphatic heterocycles. The number of allylic oxidation sites excluding steroid dienone is 3. The number of nitrogens with two attached hydrogens (primary N) is 1. The largest absolute Gasteiger partial charge is 0.497 e. The van der Waals surface area contributed by atoms with Crippen LogP contribution in [-0.4, -0.2) is 12.9 Å². The van der Waals surface area contributed by atoms with E-state index in [1.807, 2.05) is 55.1 Å². The Bertz CT molecular complexity index is 1610. The molecular formula is C34H34ClN3O3. The minimum Gasteiger partial charge on any atom is -0.497 e.